The van der Waals surface area contributed by atoms with Gasteiger partial charge in [-0.15, -0.1) is 0 Å². The molecule has 2 fully saturated rings. The first-order valence-corrected chi connectivity index (χ1v) is 4.58. The number of fused-ring (bicyclic) bond motifs is 1. The molecular weight excluding hydrogens is 136 g/mol. The fourth-order valence-corrected chi connectivity index (χ4v) is 2.98. The number of Topliss-reactive ketones (excluding diaryl/α,β-unsaturated/α-hetero) is 1. The summed E-state index contributed by atoms with van der Waals surface area (Å²) in [5.74, 6) is 2.01. The number of ketones is 1. The maximum atomic E-state index is 11.1. The third-order valence-corrected chi connectivity index (χ3v) is 3.28. The van der Waals surface area contributed by atoms with E-state index in [0.29, 0.717) is 11.2 Å². The van der Waals surface area contributed by atoms with E-state index in [2.05, 4.69) is 13.8 Å². The molecule has 0 amide bonds. The molecule has 1 heteroatoms. The largest absolute Gasteiger partial charge is 0.300 e. The quantitative estimate of drug-likeness (QED) is 0.521. The lowest BCUT2D eigenvalue weighted by molar-refractivity contribution is -0.118. The summed E-state index contributed by atoms with van der Waals surface area (Å²) in [5, 5.41) is 0. The predicted molar refractivity (Wildman–Crippen MR) is 44.2 cm³/mol. The Morgan fingerprint density at radius 1 is 1.18 bits per heavy atom. The zero-order valence-electron chi connectivity index (χ0n) is 7.39. The number of hydrogen-bond donors (Lipinski definition) is 0. The van der Waals surface area contributed by atoms with Crippen LogP contribution >= 0.6 is 0 Å². The Bertz CT molecular complexity index is 175. The minimum atomic E-state index is 0.510. The van der Waals surface area contributed by atoms with Gasteiger partial charge in [0.15, 0.2) is 0 Å². The molecule has 2 rings (SSSR count). The van der Waals surface area contributed by atoms with E-state index in [9.17, 15) is 4.79 Å². The highest BCUT2D eigenvalue weighted by atomic mass is 16.1. The highest BCUT2D eigenvalue weighted by Crippen LogP contribution is 2.51. The smallest absolute Gasteiger partial charge is 0.133 e. The fraction of sp³-hybridized carbons (Fsp3) is 0.900. The van der Waals surface area contributed by atoms with Gasteiger partial charge in [-0.25, -0.2) is 0 Å². The average Bonchev–Trinajstić information content (AvgIpc) is 2.17. The number of rotatable bonds is 0. The van der Waals surface area contributed by atoms with Crippen LogP contribution in [0.15, 0.2) is 0 Å². The Kier molecular flexibility index (Phi) is 1.39. The second-order valence-electron chi connectivity index (χ2n) is 5.04. The van der Waals surface area contributed by atoms with E-state index in [1.54, 1.807) is 0 Å². The van der Waals surface area contributed by atoms with Crippen LogP contribution in [0.3, 0.4) is 0 Å². The topological polar surface area (TPSA) is 17.1 Å². The monoisotopic (exact) mass is 152 g/mol. The van der Waals surface area contributed by atoms with Gasteiger partial charge in [0.25, 0.3) is 0 Å². The van der Waals surface area contributed by atoms with E-state index in [0.717, 1.165) is 24.7 Å². The van der Waals surface area contributed by atoms with Crippen LogP contribution in [0, 0.1) is 17.3 Å². The molecule has 0 aromatic heterocycles. The molecule has 0 bridgehead atoms. The summed E-state index contributed by atoms with van der Waals surface area (Å²) in [6.07, 6.45) is 4.33. The molecule has 2 unspecified atom stereocenters. The van der Waals surface area contributed by atoms with Gasteiger partial charge in [-0.05, 0) is 30.1 Å². The van der Waals surface area contributed by atoms with E-state index in [1.165, 1.54) is 12.8 Å². The van der Waals surface area contributed by atoms with Crippen molar-refractivity contribution in [1.82, 2.24) is 0 Å². The second-order valence-corrected chi connectivity index (χ2v) is 5.04. The first-order valence-electron chi connectivity index (χ1n) is 4.58. The van der Waals surface area contributed by atoms with Crippen molar-refractivity contribution in [2.24, 2.45) is 17.3 Å². The Morgan fingerprint density at radius 2 is 1.64 bits per heavy atom. The molecule has 2 aliphatic carbocycles. The van der Waals surface area contributed by atoms with Crippen LogP contribution in [-0.2, 0) is 4.79 Å². The van der Waals surface area contributed by atoms with Gasteiger partial charge in [0, 0.05) is 12.8 Å². The van der Waals surface area contributed by atoms with Gasteiger partial charge in [0.2, 0.25) is 0 Å². The normalized spacial score (nSPS) is 41.1. The van der Waals surface area contributed by atoms with Crippen molar-refractivity contribution in [2.75, 3.05) is 0 Å². The summed E-state index contributed by atoms with van der Waals surface area (Å²) >= 11 is 0. The van der Waals surface area contributed by atoms with E-state index in [1.807, 2.05) is 0 Å². The Morgan fingerprint density at radius 3 is 2.09 bits per heavy atom. The van der Waals surface area contributed by atoms with Crippen LogP contribution in [0.4, 0.5) is 0 Å². The molecule has 2 atom stereocenters. The molecule has 0 N–H and O–H groups in total. The standard InChI is InChI=1S/C10H16O/c1-10(2)5-7-3-9(11)4-8(7)6-10/h7-8H,3-6H2,1-2H3. The number of hydrogen-bond acceptors (Lipinski definition) is 1. The molecule has 0 aromatic carbocycles. The van der Waals surface area contributed by atoms with Gasteiger partial charge >= 0.3 is 0 Å². The lowest BCUT2D eigenvalue weighted by Gasteiger charge is -2.17. The Balaban J connectivity index is 2.09. The molecule has 0 heterocycles. The number of carbonyl (C=O) groups excluding carboxylic acids is 1. The SMILES string of the molecule is CC1(C)CC2CC(=O)CC2C1. The molecule has 11 heavy (non-hydrogen) atoms. The molecule has 0 spiro atoms. The summed E-state index contributed by atoms with van der Waals surface area (Å²) in [7, 11) is 0. The molecule has 2 aliphatic rings. The van der Waals surface area contributed by atoms with Crippen molar-refractivity contribution < 1.29 is 4.79 Å². The van der Waals surface area contributed by atoms with Gasteiger partial charge in [-0.2, -0.15) is 0 Å². The Labute approximate surface area is 68.2 Å². The summed E-state index contributed by atoms with van der Waals surface area (Å²) in [6, 6.07) is 0. The highest BCUT2D eigenvalue weighted by Gasteiger charge is 2.44. The Hall–Kier alpha value is -0.330. The summed E-state index contributed by atoms with van der Waals surface area (Å²) in [6.45, 7) is 4.66. The number of carbonyl (C=O) groups is 1. The van der Waals surface area contributed by atoms with Gasteiger partial charge < -0.3 is 0 Å². The second kappa shape index (κ2) is 2.09. The van der Waals surface area contributed by atoms with Gasteiger partial charge in [-0.1, -0.05) is 13.8 Å². The van der Waals surface area contributed by atoms with Crippen molar-refractivity contribution in [1.29, 1.82) is 0 Å². The van der Waals surface area contributed by atoms with Crippen molar-refractivity contribution in [3.63, 3.8) is 0 Å². The van der Waals surface area contributed by atoms with Gasteiger partial charge in [0.1, 0.15) is 5.78 Å². The summed E-state index contributed by atoms with van der Waals surface area (Å²) < 4.78 is 0. The van der Waals surface area contributed by atoms with Crippen LogP contribution < -0.4 is 0 Å². The molecule has 0 aliphatic heterocycles. The molecule has 0 radical (unpaired) electrons. The molecule has 62 valence electrons. The summed E-state index contributed by atoms with van der Waals surface area (Å²) in [5.41, 5.74) is 0.524. The van der Waals surface area contributed by atoms with Crippen molar-refractivity contribution in [3.05, 3.63) is 0 Å². The third-order valence-electron chi connectivity index (χ3n) is 3.28. The minimum Gasteiger partial charge on any atom is -0.300 e. The van der Waals surface area contributed by atoms with Crippen molar-refractivity contribution in [3.8, 4) is 0 Å². The maximum Gasteiger partial charge on any atom is 0.133 e. The fourth-order valence-electron chi connectivity index (χ4n) is 2.98. The van der Waals surface area contributed by atoms with E-state index >= 15 is 0 Å². The molecular formula is C10H16O. The molecule has 2 saturated carbocycles. The lowest BCUT2D eigenvalue weighted by atomic mass is 9.89. The van der Waals surface area contributed by atoms with Crippen LogP contribution in [-0.4, -0.2) is 5.78 Å². The first-order chi connectivity index (χ1) is 5.07. The van der Waals surface area contributed by atoms with E-state index in [-0.39, 0.29) is 0 Å². The van der Waals surface area contributed by atoms with Crippen LogP contribution in [0.5, 0.6) is 0 Å². The zero-order chi connectivity index (χ0) is 8.06. The average molecular weight is 152 g/mol. The maximum absolute atomic E-state index is 11.1. The minimum absolute atomic E-state index is 0.510. The first kappa shape index (κ1) is 7.33. The lowest BCUT2D eigenvalue weighted by Crippen LogP contribution is -2.07. The van der Waals surface area contributed by atoms with E-state index in [4.69, 9.17) is 0 Å². The van der Waals surface area contributed by atoms with Crippen LogP contribution in [0.25, 0.3) is 0 Å². The molecule has 0 aromatic rings. The zero-order valence-corrected chi connectivity index (χ0v) is 7.39. The van der Waals surface area contributed by atoms with Gasteiger partial charge in [0.05, 0.1) is 0 Å². The highest BCUT2D eigenvalue weighted by molar-refractivity contribution is 5.81. The van der Waals surface area contributed by atoms with Crippen molar-refractivity contribution in [2.45, 2.75) is 39.5 Å². The third kappa shape index (κ3) is 1.21. The van der Waals surface area contributed by atoms with Crippen LogP contribution in [0.2, 0.25) is 0 Å². The molecule has 0 saturated heterocycles. The van der Waals surface area contributed by atoms with Crippen LogP contribution in [0.1, 0.15) is 39.5 Å². The van der Waals surface area contributed by atoms with Gasteiger partial charge in [-0.3, -0.25) is 4.79 Å². The summed E-state index contributed by atoms with van der Waals surface area (Å²) in [4.78, 5) is 11.1. The van der Waals surface area contributed by atoms with Crippen molar-refractivity contribution >= 4 is 5.78 Å². The molecule has 1 nitrogen and oxygen atoms in total. The predicted octanol–water partition coefficient (Wildman–Crippen LogP) is 2.40. The van der Waals surface area contributed by atoms with E-state index < -0.39 is 0 Å².